The lowest BCUT2D eigenvalue weighted by atomic mass is 10.2. The second-order valence-corrected chi connectivity index (χ2v) is 6.29. The number of anilines is 1. The van der Waals surface area contributed by atoms with E-state index in [2.05, 4.69) is 5.32 Å². The number of nitrogens with two attached hydrogens (primary N) is 1. The summed E-state index contributed by atoms with van der Waals surface area (Å²) >= 11 is 7.33. The maximum atomic E-state index is 12.4. The Morgan fingerprint density at radius 3 is 2.78 bits per heavy atom. The molecule has 0 aliphatic heterocycles. The third-order valence-corrected chi connectivity index (χ3v) is 4.33. The fourth-order valence-electron chi connectivity index (χ4n) is 1.97. The van der Waals surface area contributed by atoms with Gasteiger partial charge < -0.3 is 15.8 Å². The lowest BCUT2D eigenvalue weighted by molar-refractivity contribution is -0.122. The van der Waals surface area contributed by atoms with Crippen LogP contribution in [0.5, 0.6) is 5.75 Å². The second-order valence-electron chi connectivity index (χ2n) is 4.97. The molecule has 1 aromatic carbocycles. The van der Waals surface area contributed by atoms with Crippen LogP contribution < -0.4 is 15.8 Å². The quantitative estimate of drug-likeness (QED) is 0.833. The zero-order valence-corrected chi connectivity index (χ0v) is 14.3. The van der Waals surface area contributed by atoms with Gasteiger partial charge in [0.1, 0.15) is 10.8 Å². The Balaban J connectivity index is 2.14. The predicted molar refractivity (Wildman–Crippen MR) is 92.4 cm³/mol. The van der Waals surface area contributed by atoms with Crippen molar-refractivity contribution in [1.29, 1.82) is 0 Å². The number of hydrogen-bond acceptors (Lipinski definition) is 4. The minimum absolute atomic E-state index is 0.284. The lowest BCUT2D eigenvalue weighted by Crippen LogP contribution is -2.32. The first-order valence-electron chi connectivity index (χ1n) is 7.03. The summed E-state index contributed by atoms with van der Waals surface area (Å²) < 4.78 is 5.73. The smallest absolute Gasteiger partial charge is 0.266 e. The largest absolute Gasteiger partial charge is 0.479 e. The molecule has 2 rings (SSSR count). The molecular formula is C16H17ClN2O3S. The molecule has 0 aliphatic rings. The summed E-state index contributed by atoms with van der Waals surface area (Å²) in [6.45, 7) is 3.74. The first-order chi connectivity index (χ1) is 10.9. The summed E-state index contributed by atoms with van der Waals surface area (Å²) in [4.78, 5) is 23.7. The van der Waals surface area contributed by atoms with Crippen molar-refractivity contribution in [3.8, 4) is 5.75 Å². The fraction of sp³-hybridized carbons (Fsp3) is 0.250. The number of carbonyl (C=O) groups is 2. The molecule has 0 saturated heterocycles. The van der Waals surface area contributed by atoms with Crippen LogP contribution in [0.25, 0.3) is 0 Å². The minimum Gasteiger partial charge on any atom is -0.479 e. The molecule has 3 N–H and O–H groups in total. The van der Waals surface area contributed by atoms with Crippen LogP contribution in [0.4, 0.5) is 5.00 Å². The van der Waals surface area contributed by atoms with Crippen molar-refractivity contribution in [1.82, 2.24) is 0 Å². The molecule has 1 unspecified atom stereocenters. The number of halogens is 1. The molecule has 5 nitrogen and oxygen atoms in total. The Morgan fingerprint density at radius 1 is 1.39 bits per heavy atom. The molecule has 1 aromatic heterocycles. The van der Waals surface area contributed by atoms with E-state index in [9.17, 15) is 9.59 Å². The fourth-order valence-corrected chi connectivity index (χ4v) is 2.93. The van der Waals surface area contributed by atoms with Gasteiger partial charge in [0, 0.05) is 0 Å². The van der Waals surface area contributed by atoms with Crippen LogP contribution in [0.1, 0.15) is 29.3 Å². The molecule has 7 heteroatoms. The number of nitrogens with one attached hydrogen (secondary N) is 1. The first kappa shape index (κ1) is 17.3. The van der Waals surface area contributed by atoms with Crippen molar-refractivity contribution in [2.75, 3.05) is 5.32 Å². The number of ether oxygens (including phenoxy) is 1. The van der Waals surface area contributed by atoms with Gasteiger partial charge in [0.15, 0.2) is 6.10 Å². The molecule has 122 valence electrons. The Kier molecular flexibility index (Phi) is 5.63. The van der Waals surface area contributed by atoms with Crippen molar-refractivity contribution in [2.24, 2.45) is 5.73 Å². The Hall–Kier alpha value is -2.05. The summed E-state index contributed by atoms with van der Waals surface area (Å²) in [5.41, 5.74) is 6.54. The van der Waals surface area contributed by atoms with E-state index in [1.165, 1.54) is 11.3 Å². The van der Waals surface area contributed by atoms with E-state index in [-0.39, 0.29) is 11.5 Å². The Morgan fingerprint density at radius 2 is 2.13 bits per heavy atom. The summed E-state index contributed by atoms with van der Waals surface area (Å²) in [5.74, 6) is -0.484. The zero-order valence-electron chi connectivity index (χ0n) is 12.8. The van der Waals surface area contributed by atoms with Gasteiger partial charge in [-0.1, -0.05) is 24.6 Å². The summed E-state index contributed by atoms with van der Waals surface area (Å²) in [5, 5.41) is 5.23. The van der Waals surface area contributed by atoms with Gasteiger partial charge in [-0.25, -0.2) is 0 Å². The number of primary amides is 1. The molecule has 0 spiro atoms. The average Bonchev–Trinajstić information content (AvgIpc) is 2.96. The van der Waals surface area contributed by atoms with E-state index in [1.807, 2.05) is 19.9 Å². The molecule has 0 fully saturated rings. The summed E-state index contributed by atoms with van der Waals surface area (Å²) in [6, 6.07) is 6.93. The number of hydrogen-bond donors (Lipinski definition) is 2. The number of thiophene rings is 1. The van der Waals surface area contributed by atoms with E-state index < -0.39 is 12.0 Å². The van der Waals surface area contributed by atoms with Crippen molar-refractivity contribution in [2.45, 2.75) is 26.4 Å². The summed E-state index contributed by atoms with van der Waals surface area (Å²) in [6.07, 6.45) is -0.273. The number of amides is 2. The van der Waals surface area contributed by atoms with Gasteiger partial charge in [-0.05, 0) is 42.5 Å². The van der Waals surface area contributed by atoms with Gasteiger partial charge >= 0.3 is 0 Å². The SMILES string of the molecule is CCC(Oc1cc(C)ccc1Cl)C(=O)Nc1sccc1C(N)=O. The van der Waals surface area contributed by atoms with Crippen molar-refractivity contribution >= 4 is 39.8 Å². The van der Waals surface area contributed by atoms with Crippen LogP contribution in [0, 0.1) is 6.92 Å². The Bertz CT molecular complexity index is 730. The van der Waals surface area contributed by atoms with E-state index >= 15 is 0 Å². The number of aryl methyl sites for hydroxylation is 1. The van der Waals surface area contributed by atoms with Gasteiger partial charge in [-0.3, -0.25) is 9.59 Å². The molecular weight excluding hydrogens is 336 g/mol. The monoisotopic (exact) mass is 352 g/mol. The van der Waals surface area contributed by atoms with Crippen molar-refractivity contribution in [3.63, 3.8) is 0 Å². The van der Waals surface area contributed by atoms with E-state index in [0.717, 1.165) is 5.56 Å². The third-order valence-electron chi connectivity index (χ3n) is 3.19. The topological polar surface area (TPSA) is 81.4 Å². The Labute approximate surface area is 143 Å². The second kappa shape index (κ2) is 7.48. The van der Waals surface area contributed by atoms with Crippen LogP contribution >= 0.6 is 22.9 Å². The molecule has 0 bridgehead atoms. The normalized spacial score (nSPS) is 11.8. The molecule has 2 amide bonds. The summed E-state index contributed by atoms with van der Waals surface area (Å²) in [7, 11) is 0. The highest BCUT2D eigenvalue weighted by Gasteiger charge is 2.22. The lowest BCUT2D eigenvalue weighted by Gasteiger charge is -2.18. The third kappa shape index (κ3) is 4.24. The van der Waals surface area contributed by atoms with Crippen LogP contribution in [0.3, 0.4) is 0 Å². The van der Waals surface area contributed by atoms with Gasteiger partial charge in [-0.2, -0.15) is 0 Å². The maximum Gasteiger partial charge on any atom is 0.266 e. The van der Waals surface area contributed by atoms with Crippen LogP contribution in [-0.2, 0) is 4.79 Å². The van der Waals surface area contributed by atoms with Gasteiger partial charge in [0.05, 0.1) is 10.6 Å². The first-order valence-corrected chi connectivity index (χ1v) is 8.29. The van der Waals surface area contributed by atoms with E-state index in [1.54, 1.807) is 23.6 Å². The highest BCUT2D eigenvalue weighted by Crippen LogP contribution is 2.28. The van der Waals surface area contributed by atoms with Gasteiger partial charge in [0.25, 0.3) is 11.8 Å². The number of benzene rings is 1. The zero-order chi connectivity index (χ0) is 17.0. The van der Waals surface area contributed by atoms with E-state index in [0.29, 0.717) is 22.2 Å². The minimum atomic E-state index is -0.725. The van der Waals surface area contributed by atoms with E-state index in [4.69, 9.17) is 22.1 Å². The van der Waals surface area contributed by atoms with Crippen molar-refractivity contribution in [3.05, 3.63) is 45.8 Å². The standard InChI is InChI=1S/C16H17ClN2O3S/c1-3-12(22-13-8-9(2)4-5-11(13)17)15(21)19-16-10(14(18)20)6-7-23-16/h4-8,12H,3H2,1-2H3,(H2,18,20)(H,19,21). The van der Waals surface area contributed by atoms with Crippen LogP contribution in [0.2, 0.25) is 5.02 Å². The molecule has 1 heterocycles. The van der Waals surface area contributed by atoms with Gasteiger partial charge in [0.2, 0.25) is 0 Å². The molecule has 2 aromatic rings. The number of rotatable bonds is 6. The van der Waals surface area contributed by atoms with Crippen LogP contribution in [-0.4, -0.2) is 17.9 Å². The maximum absolute atomic E-state index is 12.4. The molecule has 0 saturated carbocycles. The van der Waals surface area contributed by atoms with Crippen molar-refractivity contribution < 1.29 is 14.3 Å². The molecule has 1 atom stereocenters. The highest BCUT2D eigenvalue weighted by atomic mass is 35.5. The van der Waals surface area contributed by atoms with Crippen LogP contribution in [0.15, 0.2) is 29.6 Å². The van der Waals surface area contributed by atoms with Gasteiger partial charge in [-0.15, -0.1) is 11.3 Å². The highest BCUT2D eigenvalue weighted by molar-refractivity contribution is 7.14. The molecule has 0 radical (unpaired) electrons. The predicted octanol–water partition coefficient (Wildman–Crippen LogP) is 3.60. The average molecular weight is 353 g/mol. The molecule has 23 heavy (non-hydrogen) atoms. The molecule has 0 aliphatic carbocycles. The number of carbonyl (C=O) groups excluding carboxylic acids is 2.